The number of nitrogens with zero attached hydrogens (tertiary/aromatic N) is 2. The van der Waals surface area contributed by atoms with E-state index in [0.29, 0.717) is 0 Å². The second-order valence-electron chi connectivity index (χ2n) is 8.45. The van der Waals surface area contributed by atoms with Crippen LogP contribution in [0.15, 0.2) is 78.9 Å². The van der Waals surface area contributed by atoms with Crippen molar-refractivity contribution in [1.82, 2.24) is 4.90 Å². The van der Waals surface area contributed by atoms with Gasteiger partial charge in [0, 0.05) is 32.7 Å². The van der Waals surface area contributed by atoms with E-state index in [1.165, 1.54) is 11.3 Å². The van der Waals surface area contributed by atoms with Crippen LogP contribution in [-0.4, -0.2) is 42.3 Å². The van der Waals surface area contributed by atoms with Crippen LogP contribution in [0.3, 0.4) is 0 Å². The Morgan fingerprint density at radius 2 is 1.39 bits per heavy atom. The first-order valence-electron chi connectivity index (χ1n) is 11.1. The molecule has 0 aliphatic carbocycles. The Kier molecular flexibility index (Phi) is 6.90. The molecule has 162 valence electrons. The summed E-state index contributed by atoms with van der Waals surface area (Å²) in [4.78, 5) is 4.92. The van der Waals surface area contributed by atoms with Crippen molar-refractivity contribution in [3.8, 4) is 5.75 Å². The van der Waals surface area contributed by atoms with Gasteiger partial charge >= 0.3 is 0 Å². The highest BCUT2D eigenvalue weighted by molar-refractivity contribution is 5.58. The number of hydrogen-bond acceptors (Lipinski definition) is 4. The second kappa shape index (κ2) is 9.99. The quantitative estimate of drug-likeness (QED) is 0.596. The predicted octanol–water partition coefficient (Wildman–Crippen LogP) is 4.88. The van der Waals surface area contributed by atoms with Crippen molar-refractivity contribution in [1.29, 1.82) is 0 Å². The first kappa shape index (κ1) is 21.4. The van der Waals surface area contributed by atoms with E-state index in [9.17, 15) is 5.11 Å². The van der Waals surface area contributed by atoms with Crippen LogP contribution in [-0.2, 0) is 6.54 Å². The van der Waals surface area contributed by atoms with Gasteiger partial charge < -0.3 is 14.7 Å². The molecule has 0 saturated carbocycles. The van der Waals surface area contributed by atoms with Crippen LogP contribution in [0.25, 0.3) is 0 Å². The fraction of sp³-hybridized carbons (Fsp3) is 0.333. The fourth-order valence-corrected chi connectivity index (χ4v) is 4.11. The number of hydrogen-bond donors (Lipinski definition) is 1. The smallest absolute Gasteiger partial charge is 0.142 e. The minimum Gasteiger partial charge on any atom is -0.489 e. The second-order valence-corrected chi connectivity index (χ2v) is 8.45. The lowest BCUT2D eigenvalue weighted by Gasteiger charge is -2.37. The maximum Gasteiger partial charge on any atom is 0.142 e. The molecular weight excluding hydrogens is 384 g/mol. The Hall–Kier alpha value is -2.82. The van der Waals surface area contributed by atoms with Crippen molar-refractivity contribution in [3.05, 3.63) is 95.6 Å². The molecule has 1 aliphatic rings. The fourth-order valence-electron chi connectivity index (χ4n) is 4.11. The standard InChI is InChI=1S/C27H32N2O2/c1-21(2)31-26-11-7-6-10-25(26)29-18-16-28(17-19-29)20-22-12-14-24(15-13-22)27(30)23-8-4-3-5-9-23/h3-15,21,27,30H,16-20H2,1-2H3. The summed E-state index contributed by atoms with van der Waals surface area (Å²) < 4.78 is 6.01. The summed E-state index contributed by atoms with van der Waals surface area (Å²) in [6.45, 7) is 9.08. The number of aliphatic hydroxyl groups is 1. The van der Waals surface area contributed by atoms with Crippen molar-refractivity contribution in [2.24, 2.45) is 0 Å². The van der Waals surface area contributed by atoms with E-state index >= 15 is 0 Å². The van der Waals surface area contributed by atoms with Crippen molar-refractivity contribution in [2.75, 3.05) is 31.1 Å². The molecule has 3 aromatic carbocycles. The van der Waals surface area contributed by atoms with Crippen molar-refractivity contribution < 1.29 is 9.84 Å². The Bertz CT molecular complexity index is 948. The molecule has 0 aromatic heterocycles. The van der Waals surface area contributed by atoms with Crippen LogP contribution in [0.1, 0.15) is 36.6 Å². The lowest BCUT2D eigenvalue weighted by atomic mass is 10.0. The first-order valence-corrected chi connectivity index (χ1v) is 11.1. The average Bonchev–Trinajstić information content (AvgIpc) is 2.80. The van der Waals surface area contributed by atoms with E-state index in [-0.39, 0.29) is 6.10 Å². The van der Waals surface area contributed by atoms with Crippen LogP contribution in [0.2, 0.25) is 0 Å². The van der Waals surface area contributed by atoms with Gasteiger partial charge in [-0.3, -0.25) is 4.90 Å². The van der Waals surface area contributed by atoms with Gasteiger partial charge in [-0.2, -0.15) is 0 Å². The number of benzene rings is 3. The molecule has 0 bridgehead atoms. The molecule has 1 unspecified atom stereocenters. The lowest BCUT2D eigenvalue weighted by molar-refractivity contribution is 0.220. The maximum absolute atomic E-state index is 10.6. The molecule has 1 atom stereocenters. The third kappa shape index (κ3) is 5.46. The zero-order valence-corrected chi connectivity index (χ0v) is 18.4. The Morgan fingerprint density at radius 3 is 2.06 bits per heavy atom. The highest BCUT2D eigenvalue weighted by Crippen LogP contribution is 2.30. The monoisotopic (exact) mass is 416 g/mol. The van der Waals surface area contributed by atoms with Crippen molar-refractivity contribution >= 4 is 5.69 Å². The first-order chi connectivity index (χ1) is 15.1. The van der Waals surface area contributed by atoms with Gasteiger partial charge in [-0.1, -0.05) is 66.7 Å². The predicted molar refractivity (Wildman–Crippen MR) is 127 cm³/mol. The summed E-state index contributed by atoms with van der Waals surface area (Å²) in [5.74, 6) is 0.971. The third-order valence-electron chi connectivity index (χ3n) is 5.76. The van der Waals surface area contributed by atoms with Gasteiger partial charge in [0.2, 0.25) is 0 Å². The van der Waals surface area contributed by atoms with E-state index in [0.717, 1.165) is 49.6 Å². The van der Waals surface area contributed by atoms with Gasteiger partial charge in [-0.05, 0) is 42.7 Å². The number of para-hydroxylation sites is 2. The molecule has 4 nitrogen and oxygen atoms in total. The zero-order valence-electron chi connectivity index (χ0n) is 18.4. The largest absolute Gasteiger partial charge is 0.489 e. The van der Waals surface area contributed by atoms with Crippen LogP contribution >= 0.6 is 0 Å². The highest BCUT2D eigenvalue weighted by Gasteiger charge is 2.20. The molecule has 0 spiro atoms. The van der Waals surface area contributed by atoms with E-state index in [2.05, 4.69) is 54.0 Å². The topological polar surface area (TPSA) is 35.9 Å². The summed E-state index contributed by atoms with van der Waals surface area (Å²) >= 11 is 0. The Morgan fingerprint density at radius 1 is 0.774 bits per heavy atom. The SMILES string of the molecule is CC(C)Oc1ccccc1N1CCN(Cc2ccc(C(O)c3ccccc3)cc2)CC1. The number of piperazine rings is 1. The number of aliphatic hydroxyl groups excluding tert-OH is 1. The summed E-state index contributed by atoms with van der Waals surface area (Å²) in [6.07, 6.45) is -0.405. The van der Waals surface area contributed by atoms with E-state index < -0.39 is 6.10 Å². The molecule has 1 heterocycles. The number of rotatable bonds is 7. The molecular formula is C27H32N2O2. The van der Waals surface area contributed by atoms with E-state index in [4.69, 9.17) is 4.74 Å². The van der Waals surface area contributed by atoms with E-state index in [1.54, 1.807) is 0 Å². The van der Waals surface area contributed by atoms with Gasteiger partial charge in [0.05, 0.1) is 11.8 Å². The van der Waals surface area contributed by atoms with Crippen LogP contribution in [0, 0.1) is 0 Å². The van der Waals surface area contributed by atoms with Crippen molar-refractivity contribution in [2.45, 2.75) is 32.6 Å². The average molecular weight is 417 g/mol. The highest BCUT2D eigenvalue weighted by atomic mass is 16.5. The molecule has 31 heavy (non-hydrogen) atoms. The lowest BCUT2D eigenvalue weighted by Crippen LogP contribution is -2.46. The molecule has 0 radical (unpaired) electrons. The molecule has 1 N–H and O–H groups in total. The summed E-state index contributed by atoms with van der Waals surface area (Å²) in [5.41, 5.74) is 4.32. The normalized spacial score (nSPS) is 15.8. The van der Waals surface area contributed by atoms with Crippen LogP contribution in [0.5, 0.6) is 5.75 Å². The number of anilines is 1. The Balaban J connectivity index is 1.33. The molecule has 0 amide bonds. The van der Waals surface area contributed by atoms with Gasteiger partial charge in [-0.15, -0.1) is 0 Å². The zero-order chi connectivity index (χ0) is 21.6. The van der Waals surface area contributed by atoms with Gasteiger partial charge in [0.1, 0.15) is 11.9 Å². The Labute approximate surface area is 185 Å². The number of ether oxygens (including phenoxy) is 1. The third-order valence-corrected chi connectivity index (χ3v) is 5.76. The van der Waals surface area contributed by atoms with Crippen molar-refractivity contribution in [3.63, 3.8) is 0 Å². The van der Waals surface area contributed by atoms with Gasteiger partial charge in [-0.25, -0.2) is 0 Å². The molecule has 1 saturated heterocycles. The molecule has 1 fully saturated rings. The maximum atomic E-state index is 10.6. The summed E-state index contributed by atoms with van der Waals surface area (Å²) in [5, 5.41) is 10.6. The van der Waals surface area contributed by atoms with Crippen LogP contribution < -0.4 is 9.64 Å². The minimum absolute atomic E-state index is 0.172. The summed E-state index contributed by atoms with van der Waals surface area (Å²) in [7, 11) is 0. The van der Waals surface area contributed by atoms with Gasteiger partial charge in [0.15, 0.2) is 0 Å². The van der Waals surface area contributed by atoms with Crippen LogP contribution in [0.4, 0.5) is 5.69 Å². The molecule has 3 aromatic rings. The van der Waals surface area contributed by atoms with E-state index in [1.807, 2.05) is 48.5 Å². The minimum atomic E-state index is -0.577. The van der Waals surface area contributed by atoms with Gasteiger partial charge in [0.25, 0.3) is 0 Å². The molecule has 1 aliphatic heterocycles. The summed E-state index contributed by atoms with van der Waals surface area (Å²) in [6, 6.07) is 26.5. The molecule has 4 rings (SSSR count). The molecule has 4 heteroatoms.